The van der Waals surface area contributed by atoms with Crippen LogP contribution >= 0.6 is 34.5 Å². The van der Waals surface area contributed by atoms with Crippen molar-refractivity contribution in [2.45, 2.75) is 52.4 Å². The van der Waals surface area contributed by atoms with Gasteiger partial charge in [-0.1, -0.05) is 29.3 Å². The summed E-state index contributed by atoms with van der Waals surface area (Å²) >= 11 is 13.6. The van der Waals surface area contributed by atoms with E-state index >= 15 is 0 Å². The number of hydrogen-bond acceptors (Lipinski definition) is 6. The van der Waals surface area contributed by atoms with E-state index in [-0.39, 0.29) is 18.5 Å². The molecule has 0 saturated heterocycles. The predicted octanol–water partition coefficient (Wildman–Crippen LogP) is 5.98. The zero-order chi connectivity index (χ0) is 23.5. The number of carbonyl (C=O) groups excluding carboxylic acids is 2. The van der Waals surface area contributed by atoms with Crippen molar-refractivity contribution < 1.29 is 19.1 Å². The molecule has 0 spiro atoms. The number of rotatable bonds is 7. The minimum Gasteiger partial charge on any atom is -0.470 e. The number of halogens is 2. The number of benzene rings is 1. The minimum atomic E-state index is -0.410. The van der Waals surface area contributed by atoms with Gasteiger partial charge in [0, 0.05) is 11.1 Å². The van der Waals surface area contributed by atoms with Crippen LogP contribution < -0.4 is 10.1 Å². The number of hydrogen-bond donors (Lipinski definition) is 1. The quantitative estimate of drug-likeness (QED) is 0.397. The topological polar surface area (TPSA) is 82.5 Å². The van der Waals surface area contributed by atoms with Crippen molar-refractivity contribution in [3.8, 4) is 5.75 Å². The van der Waals surface area contributed by atoms with Crippen LogP contribution in [0.3, 0.4) is 0 Å². The summed E-state index contributed by atoms with van der Waals surface area (Å²) in [6.45, 7) is 3.66. The van der Waals surface area contributed by atoms with Crippen molar-refractivity contribution in [3.63, 3.8) is 0 Å². The number of anilines is 1. The van der Waals surface area contributed by atoms with Gasteiger partial charge in [0.2, 0.25) is 0 Å². The van der Waals surface area contributed by atoms with Gasteiger partial charge in [-0.25, -0.2) is 9.48 Å². The largest absolute Gasteiger partial charge is 0.470 e. The maximum atomic E-state index is 12.9. The second-order valence-corrected chi connectivity index (χ2v) is 9.78. The highest BCUT2D eigenvalue weighted by Gasteiger charge is 2.28. The fourth-order valence-corrected chi connectivity index (χ4v) is 5.21. The number of nitrogens with one attached hydrogen (secondary N) is 1. The van der Waals surface area contributed by atoms with Crippen LogP contribution in [0.25, 0.3) is 0 Å². The molecule has 174 valence electrons. The lowest BCUT2D eigenvalue weighted by atomic mass is 9.95. The second kappa shape index (κ2) is 10.2. The van der Waals surface area contributed by atoms with Crippen LogP contribution in [-0.4, -0.2) is 27.8 Å². The van der Waals surface area contributed by atoms with E-state index in [2.05, 4.69) is 10.4 Å². The Morgan fingerprint density at radius 3 is 2.79 bits per heavy atom. The molecule has 33 heavy (non-hydrogen) atoms. The van der Waals surface area contributed by atoms with Crippen LogP contribution in [0.4, 0.5) is 5.00 Å². The van der Waals surface area contributed by atoms with Crippen LogP contribution in [-0.2, 0) is 24.3 Å². The number of amides is 1. The highest BCUT2D eigenvalue weighted by Crippen LogP contribution is 2.39. The van der Waals surface area contributed by atoms with Gasteiger partial charge in [0.1, 0.15) is 15.8 Å². The summed E-state index contributed by atoms with van der Waals surface area (Å²) in [7, 11) is 0. The van der Waals surface area contributed by atoms with Crippen molar-refractivity contribution >= 4 is 51.4 Å². The van der Waals surface area contributed by atoms with Gasteiger partial charge in [0.05, 0.1) is 16.7 Å². The third kappa shape index (κ3) is 5.34. The highest BCUT2D eigenvalue weighted by molar-refractivity contribution is 7.17. The van der Waals surface area contributed by atoms with Crippen LogP contribution in [0.1, 0.15) is 58.0 Å². The summed E-state index contributed by atoms with van der Waals surface area (Å²) in [5.41, 5.74) is 1.66. The molecule has 0 saturated carbocycles. The van der Waals surface area contributed by atoms with Gasteiger partial charge in [-0.15, -0.1) is 11.3 Å². The van der Waals surface area contributed by atoms with Crippen LogP contribution in [0.5, 0.6) is 5.75 Å². The molecule has 0 unspecified atom stereocenters. The van der Waals surface area contributed by atoms with Gasteiger partial charge in [0.15, 0.2) is 12.4 Å². The molecule has 0 radical (unpaired) electrons. The standard InChI is InChI=1S/C23H23Cl2N3O4S/c1-13(2)32-23(30)19-14-6-3-4-9-18(14)33-22(19)26-21(29)16-10-11-28(27-16)12-31-17-8-5-7-15(24)20(17)25/h5,7-8,10-11,13H,3-4,6,9,12H2,1-2H3,(H,26,29). The van der Waals surface area contributed by atoms with Crippen molar-refractivity contribution in [2.75, 3.05) is 5.32 Å². The minimum absolute atomic E-state index is 0.0482. The molecular formula is C23H23Cl2N3O4S. The lowest BCUT2D eigenvalue weighted by Gasteiger charge is -2.14. The van der Waals surface area contributed by atoms with E-state index in [1.54, 1.807) is 44.3 Å². The van der Waals surface area contributed by atoms with Crippen LogP contribution in [0.15, 0.2) is 30.5 Å². The zero-order valence-corrected chi connectivity index (χ0v) is 20.5. The molecule has 3 aromatic rings. The normalized spacial score (nSPS) is 13.0. The number of carbonyl (C=O) groups is 2. The molecule has 2 heterocycles. The molecule has 1 aliphatic carbocycles. The van der Waals surface area contributed by atoms with Gasteiger partial charge in [0.25, 0.3) is 5.91 Å². The fourth-order valence-electron chi connectivity index (χ4n) is 3.60. The Hall–Kier alpha value is -2.55. The number of fused-ring (bicyclic) bond motifs is 1. The maximum absolute atomic E-state index is 12.9. The first-order valence-electron chi connectivity index (χ1n) is 10.6. The molecule has 7 nitrogen and oxygen atoms in total. The van der Waals surface area contributed by atoms with Gasteiger partial charge >= 0.3 is 5.97 Å². The SMILES string of the molecule is CC(C)OC(=O)c1c(NC(=O)c2ccn(COc3cccc(Cl)c3Cl)n2)sc2c1CCCC2. The summed E-state index contributed by atoms with van der Waals surface area (Å²) in [6.07, 6.45) is 5.17. The lowest BCUT2D eigenvalue weighted by Crippen LogP contribution is -2.18. The van der Waals surface area contributed by atoms with Gasteiger partial charge in [-0.2, -0.15) is 5.10 Å². The average molecular weight is 508 g/mol. The average Bonchev–Trinajstić information content (AvgIpc) is 3.38. The van der Waals surface area contributed by atoms with E-state index in [4.69, 9.17) is 32.7 Å². The summed E-state index contributed by atoms with van der Waals surface area (Å²) in [6, 6.07) is 6.67. The number of nitrogens with zero attached hydrogens (tertiary/aromatic N) is 2. The number of ether oxygens (including phenoxy) is 2. The summed E-state index contributed by atoms with van der Waals surface area (Å²) in [5, 5.41) is 8.34. The maximum Gasteiger partial charge on any atom is 0.341 e. The number of thiophene rings is 1. The Morgan fingerprint density at radius 2 is 2.00 bits per heavy atom. The van der Waals surface area contributed by atoms with Gasteiger partial charge < -0.3 is 14.8 Å². The molecule has 0 fully saturated rings. The highest BCUT2D eigenvalue weighted by atomic mass is 35.5. The Kier molecular flexibility index (Phi) is 7.26. The fraction of sp³-hybridized carbons (Fsp3) is 0.348. The van der Waals surface area contributed by atoms with E-state index in [1.807, 2.05) is 0 Å². The van der Waals surface area contributed by atoms with E-state index in [9.17, 15) is 9.59 Å². The van der Waals surface area contributed by atoms with Crippen LogP contribution in [0.2, 0.25) is 10.0 Å². The molecule has 0 atom stereocenters. The van der Waals surface area contributed by atoms with Crippen molar-refractivity contribution in [1.29, 1.82) is 0 Å². The zero-order valence-electron chi connectivity index (χ0n) is 18.2. The summed E-state index contributed by atoms with van der Waals surface area (Å²) < 4.78 is 12.6. The molecule has 4 rings (SSSR count). The van der Waals surface area contributed by atoms with Gasteiger partial charge in [-0.05, 0) is 63.3 Å². The molecule has 1 aromatic carbocycles. The van der Waals surface area contributed by atoms with Crippen LogP contribution in [0, 0.1) is 0 Å². The Balaban J connectivity index is 1.49. The van der Waals surface area contributed by atoms with E-state index < -0.39 is 11.9 Å². The Bertz CT molecular complexity index is 1190. The molecule has 1 aliphatic rings. The third-order valence-corrected chi connectivity index (χ3v) is 7.10. The molecular weight excluding hydrogens is 485 g/mol. The Morgan fingerprint density at radius 1 is 1.21 bits per heavy atom. The predicted molar refractivity (Wildman–Crippen MR) is 129 cm³/mol. The molecule has 0 bridgehead atoms. The molecule has 1 N–H and O–H groups in total. The molecule has 2 aromatic heterocycles. The lowest BCUT2D eigenvalue weighted by molar-refractivity contribution is 0.0378. The monoisotopic (exact) mass is 507 g/mol. The van der Waals surface area contributed by atoms with Gasteiger partial charge in [-0.3, -0.25) is 4.79 Å². The Labute approximate surface area is 205 Å². The van der Waals surface area contributed by atoms with E-state index in [0.29, 0.717) is 26.4 Å². The molecule has 10 heteroatoms. The summed E-state index contributed by atoms with van der Waals surface area (Å²) in [4.78, 5) is 26.8. The second-order valence-electron chi connectivity index (χ2n) is 7.89. The first-order chi connectivity index (χ1) is 15.8. The third-order valence-electron chi connectivity index (χ3n) is 5.09. The van der Waals surface area contributed by atoms with E-state index in [1.165, 1.54) is 16.0 Å². The van der Waals surface area contributed by atoms with Crippen molar-refractivity contribution in [1.82, 2.24) is 9.78 Å². The molecule has 1 amide bonds. The number of aromatic nitrogens is 2. The first kappa shape index (κ1) is 23.6. The van der Waals surface area contributed by atoms with Crippen molar-refractivity contribution in [3.05, 3.63) is 62.2 Å². The summed E-state index contributed by atoms with van der Waals surface area (Å²) in [5.74, 6) is -0.396. The number of aryl methyl sites for hydroxylation is 1. The van der Waals surface area contributed by atoms with E-state index in [0.717, 1.165) is 36.1 Å². The number of esters is 1. The van der Waals surface area contributed by atoms with Crippen molar-refractivity contribution in [2.24, 2.45) is 0 Å². The smallest absolute Gasteiger partial charge is 0.341 e. The first-order valence-corrected chi connectivity index (χ1v) is 12.2. The molecule has 0 aliphatic heterocycles.